The molecular weight excluding hydrogens is 924 g/mol. The van der Waals surface area contributed by atoms with Gasteiger partial charge < -0.3 is 14.2 Å². The van der Waals surface area contributed by atoms with Crippen LogP contribution in [0.2, 0.25) is 0 Å². The van der Waals surface area contributed by atoms with Crippen molar-refractivity contribution in [1.29, 1.82) is 0 Å². The first-order valence-electron chi connectivity index (χ1n) is 20.3. The highest BCUT2D eigenvalue weighted by atomic mass is 79.9. The normalized spacial score (nSPS) is 26.6. The quantitative estimate of drug-likeness (QED) is 0.256. The highest BCUT2D eigenvalue weighted by Gasteiger charge is 2.43. The van der Waals surface area contributed by atoms with Gasteiger partial charge in [0.1, 0.15) is 17.5 Å². The fourth-order valence-electron chi connectivity index (χ4n) is 9.45. The highest BCUT2D eigenvalue weighted by molar-refractivity contribution is 9.11. The molecular formula is C42H51Br3N6O6. The molecule has 306 valence electrons. The van der Waals surface area contributed by atoms with Crippen LogP contribution < -0.4 is 14.7 Å². The first kappa shape index (κ1) is 42.3. The van der Waals surface area contributed by atoms with E-state index in [9.17, 15) is 14.4 Å². The van der Waals surface area contributed by atoms with Crippen LogP contribution in [-0.2, 0) is 28.6 Å². The molecule has 0 aliphatic carbocycles. The Labute approximate surface area is 360 Å². The average Bonchev–Trinajstić information content (AvgIpc) is 3.73. The fourth-order valence-corrected chi connectivity index (χ4v) is 10.5. The number of anilines is 3. The number of aromatic nitrogens is 3. The second-order valence-corrected chi connectivity index (χ2v) is 17.9. The van der Waals surface area contributed by atoms with Crippen LogP contribution in [0.5, 0.6) is 0 Å². The molecule has 0 bridgehead atoms. The Balaban J connectivity index is 0.000000131. The van der Waals surface area contributed by atoms with E-state index in [1.54, 1.807) is 18.6 Å². The van der Waals surface area contributed by atoms with E-state index in [1.807, 2.05) is 35.5 Å². The molecule has 3 aromatic heterocycles. The standard InChI is InChI=1S/3C14H17BrN2O2/c3*1-2-17-13-12(7-9(15)8-16-13)10-3-5-19-6-4-11(10)14(17)18/h3*7-8,10-11H,2-6H2,1H3/t10-,11+;;/m1../s1. The molecule has 0 spiro atoms. The maximum atomic E-state index is 12.6. The van der Waals surface area contributed by atoms with Crippen LogP contribution in [0.4, 0.5) is 17.5 Å². The minimum absolute atomic E-state index is 0.0473. The van der Waals surface area contributed by atoms with Gasteiger partial charge >= 0.3 is 0 Å². The summed E-state index contributed by atoms with van der Waals surface area (Å²) in [5.41, 5.74) is 3.56. The van der Waals surface area contributed by atoms with E-state index >= 15 is 0 Å². The number of hydrogen-bond acceptors (Lipinski definition) is 9. The summed E-state index contributed by atoms with van der Waals surface area (Å²) in [5, 5.41) is 0. The van der Waals surface area contributed by atoms with Gasteiger partial charge in [-0.05, 0) is 125 Å². The van der Waals surface area contributed by atoms with Gasteiger partial charge in [-0.1, -0.05) is 0 Å². The molecule has 15 heteroatoms. The number of amides is 3. The molecule has 0 N–H and O–H groups in total. The van der Waals surface area contributed by atoms with Crippen molar-refractivity contribution in [3.05, 3.63) is 66.9 Å². The van der Waals surface area contributed by atoms with Crippen LogP contribution in [0.15, 0.2) is 50.2 Å². The zero-order chi connectivity index (χ0) is 40.2. The van der Waals surface area contributed by atoms with E-state index in [4.69, 9.17) is 14.2 Å². The van der Waals surface area contributed by atoms with Crippen molar-refractivity contribution in [3.63, 3.8) is 0 Å². The number of rotatable bonds is 3. The van der Waals surface area contributed by atoms with Gasteiger partial charge in [-0.15, -0.1) is 0 Å². The lowest BCUT2D eigenvalue weighted by molar-refractivity contribution is -0.124. The summed E-state index contributed by atoms with van der Waals surface area (Å²) in [6, 6.07) is 6.33. The molecule has 57 heavy (non-hydrogen) atoms. The number of nitrogens with zero attached hydrogens (tertiary/aromatic N) is 6. The minimum atomic E-state index is 0.0473. The predicted octanol–water partition coefficient (Wildman–Crippen LogP) is 8.16. The molecule has 6 atom stereocenters. The van der Waals surface area contributed by atoms with Gasteiger partial charge in [0, 0.05) is 143 Å². The van der Waals surface area contributed by atoms with Gasteiger partial charge in [-0.2, -0.15) is 0 Å². The Hall–Kier alpha value is -2.82. The van der Waals surface area contributed by atoms with E-state index in [-0.39, 0.29) is 53.2 Å². The van der Waals surface area contributed by atoms with Crippen LogP contribution in [0, 0.1) is 17.8 Å². The van der Waals surface area contributed by atoms with E-state index in [0.717, 1.165) is 89.2 Å². The topological polar surface area (TPSA) is 127 Å². The monoisotopic (exact) mass is 972 g/mol. The summed E-state index contributed by atoms with van der Waals surface area (Å²) in [6.45, 7) is 12.2. The summed E-state index contributed by atoms with van der Waals surface area (Å²) in [7, 11) is 0. The second kappa shape index (κ2) is 19.1. The molecule has 3 fully saturated rings. The number of pyridine rings is 3. The molecule has 9 rings (SSSR count). The summed E-state index contributed by atoms with van der Waals surface area (Å²) in [6.07, 6.45) is 10.4. The molecule has 3 amide bonds. The van der Waals surface area contributed by atoms with Crippen LogP contribution in [0.3, 0.4) is 0 Å². The molecule has 12 nitrogen and oxygen atoms in total. The van der Waals surface area contributed by atoms with Gasteiger partial charge in [0.15, 0.2) is 0 Å². The van der Waals surface area contributed by atoms with Gasteiger partial charge in [-0.3, -0.25) is 29.1 Å². The summed E-state index contributed by atoms with van der Waals surface area (Å²) in [5.74, 6) is 4.01. The molecule has 3 aromatic rings. The number of hydrogen-bond donors (Lipinski definition) is 0. The summed E-state index contributed by atoms with van der Waals surface area (Å²) >= 11 is 10.5. The third-order valence-corrected chi connectivity index (χ3v) is 13.4. The Kier molecular flexibility index (Phi) is 14.1. The van der Waals surface area contributed by atoms with Crippen molar-refractivity contribution >= 4 is 83.0 Å². The number of carbonyl (C=O) groups excluding carboxylic acids is 3. The Bertz CT molecular complexity index is 1740. The molecule has 0 radical (unpaired) electrons. The Morgan fingerprint density at radius 2 is 0.719 bits per heavy atom. The Morgan fingerprint density at radius 1 is 0.474 bits per heavy atom. The molecule has 0 aromatic carbocycles. The third kappa shape index (κ3) is 8.75. The third-order valence-electron chi connectivity index (χ3n) is 12.1. The summed E-state index contributed by atoms with van der Waals surface area (Å²) in [4.78, 5) is 56.7. The van der Waals surface area contributed by atoms with Crippen molar-refractivity contribution in [1.82, 2.24) is 15.0 Å². The Morgan fingerprint density at radius 3 is 0.965 bits per heavy atom. The van der Waals surface area contributed by atoms with Crippen molar-refractivity contribution in [2.75, 3.05) is 74.0 Å². The minimum Gasteiger partial charge on any atom is -0.381 e. The smallest absolute Gasteiger partial charge is 0.231 e. The molecule has 9 heterocycles. The van der Waals surface area contributed by atoms with Crippen LogP contribution in [-0.4, -0.2) is 91.9 Å². The lowest BCUT2D eigenvalue weighted by Gasteiger charge is -2.37. The van der Waals surface area contributed by atoms with Gasteiger partial charge in [0.05, 0.1) is 0 Å². The lowest BCUT2D eigenvalue weighted by atomic mass is 9.79. The van der Waals surface area contributed by atoms with Crippen molar-refractivity contribution in [2.45, 2.75) is 77.0 Å². The maximum absolute atomic E-state index is 12.6. The molecule has 0 saturated carbocycles. The number of carbonyl (C=O) groups is 3. The fraction of sp³-hybridized carbons (Fsp3) is 0.571. The van der Waals surface area contributed by atoms with E-state index in [2.05, 4.69) is 80.9 Å². The molecule has 6 aliphatic heterocycles. The largest absolute Gasteiger partial charge is 0.381 e. The predicted molar refractivity (Wildman–Crippen MR) is 229 cm³/mol. The summed E-state index contributed by atoms with van der Waals surface area (Å²) < 4.78 is 19.6. The SMILES string of the molecule is CCN1C(=O)C2CCOCCC2c2cc(Br)cnc21.CCN1C(=O)C2CCOCCC2c2cc(Br)cnc21.CCN1C(=O)[C@H]2CCOCC[C@H]2c2cc(Br)cnc21. The highest BCUT2D eigenvalue weighted by Crippen LogP contribution is 2.46. The van der Waals surface area contributed by atoms with Gasteiger partial charge in [-0.25, -0.2) is 15.0 Å². The van der Waals surface area contributed by atoms with Crippen LogP contribution in [0.25, 0.3) is 0 Å². The van der Waals surface area contributed by atoms with E-state index in [1.165, 1.54) is 16.7 Å². The lowest BCUT2D eigenvalue weighted by Crippen LogP contribution is -2.44. The number of ether oxygens (including phenoxy) is 3. The van der Waals surface area contributed by atoms with Crippen LogP contribution >= 0.6 is 47.8 Å². The molecule has 3 saturated heterocycles. The first-order valence-corrected chi connectivity index (χ1v) is 22.7. The second-order valence-electron chi connectivity index (χ2n) is 15.2. The number of halogens is 3. The van der Waals surface area contributed by atoms with Crippen molar-refractivity contribution in [3.8, 4) is 0 Å². The zero-order valence-corrected chi connectivity index (χ0v) is 37.6. The van der Waals surface area contributed by atoms with Crippen LogP contribution in [0.1, 0.15) is 93.7 Å². The number of fused-ring (bicyclic) bond motifs is 9. The van der Waals surface area contributed by atoms with Gasteiger partial charge in [0.2, 0.25) is 17.7 Å². The molecule has 6 aliphatic rings. The van der Waals surface area contributed by atoms with Crippen molar-refractivity contribution < 1.29 is 28.6 Å². The maximum Gasteiger partial charge on any atom is 0.231 e. The average molecular weight is 976 g/mol. The molecule has 4 unspecified atom stereocenters. The zero-order valence-electron chi connectivity index (χ0n) is 32.8. The van der Waals surface area contributed by atoms with E-state index in [0.29, 0.717) is 39.5 Å². The first-order chi connectivity index (χ1) is 27.7. The van der Waals surface area contributed by atoms with Crippen molar-refractivity contribution in [2.24, 2.45) is 17.8 Å². The van der Waals surface area contributed by atoms with Gasteiger partial charge in [0.25, 0.3) is 0 Å². The van der Waals surface area contributed by atoms with E-state index < -0.39 is 0 Å².